The number of hydrogen-bond acceptors (Lipinski definition) is 4. The number of aromatic nitrogens is 1. The van der Waals surface area contributed by atoms with Gasteiger partial charge >= 0.3 is 5.97 Å². The molecule has 1 aromatic heterocycles. The monoisotopic (exact) mass is 222 g/mol. The van der Waals surface area contributed by atoms with E-state index in [1.807, 2.05) is 0 Å². The summed E-state index contributed by atoms with van der Waals surface area (Å²) in [5.41, 5.74) is 1.08. The molecule has 1 heterocycles. The van der Waals surface area contributed by atoms with Gasteiger partial charge in [0, 0.05) is 11.9 Å². The first kappa shape index (κ1) is 12.2. The fourth-order valence-corrected chi connectivity index (χ4v) is 1.23. The first-order valence-corrected chi connectivity index (χ1v) is 4.86. The van der Waals surface area contributed by atoms with Crippen molar-refractivity contribution in [2.45, 2.75) is 19.9 Å². The molecule has 0 saturated heterocycles. The van der Waals surface area contributed by atoms with Gasteiger partial charge in [-0.2, -0.15) is 0 Å². The number of pyridine rings is 1. The van der Waals surface area contributed by atoms with Crippen LogP contribution in [0.15, 0.2) is 18.3 Å². The average Bonchev–Trinajstić information content (AvgIpc) is 2.28. The Bertz CT molecular complexity index is 404. The van der Waals surface area contributed by atoms with Gasteiger partial charge in [0.2, 0.25) is 0 Å². The van der Waals surface area contributed by atoms with Crippen molar-refractivity contribution in [2.24, 2.45) is 0 Å². The third-order valence-electron chi connectivity index (χ3n) is 2.15. The van der Waals surface area contributed by atoms with Crippen molar-refractivity contribution >= 4 is 11.9 Å². The first-order chi connectivity index (χ1) is 7.56. The number of esters is 1. The van der Waals surface area contributed by atoms with Gasteiger partial charge < -0.3 is 10.1 Å². The maximum absolute atomic E-state index is 11.7. The van der Waals surface area contributed by atoms with Crippen LogP contribution >= 0.6 is 0 Å². The summed E-state index contributed by atoms with van der Waals surface area (Å²) < 4.78 is 4.51. The number of hydrogen-bond donors (Lipinski definition) is 1. The molecular weight excluding hydrogens is 208 g/mol. The highest BCUT2D eigenvalue weighted by Gasteiger charge is 2.17. The second kappa shape index (κ2) is 5.25. The largest absolute Gasteiger partial charge is 0.467 e. The Morgan fingerprint density at radius 3 is 2.75 bits per heavy atom. The Morgan fingerprint density at radius 2 is 2.19 bits per heavy atom. The molecule has 1 rings (SSSR count). The molecule has 1 aromatic rings. The third kappa shape index (κ3) is 2.79. The molecule has 1 amide bonds. The quantitative estimate of drug-likeness (QED) is 0.764. The van der Waals surface area contributed by atoms with Crippen molar-refractivity contribution in [1.82, 2.24) is 10.3 Å². The Kier molecular flexibility index (Phi) is 3.99. The average molecular weight is 222 g/mol. The molecule has 0 spiro atoms. The number of nitrogens with zero attached hydrogens (tertiary/aromatic N) is 1. The summed E-state index contributed by atoms with van der Waals surface area (Å²) >= 11 is 0. The lowest BCUT2D eigenvalue weighted by Crippen LogP contribution is -2.39. The van der Waals surface area contributed by atoms with E-state index in [4.69, 9.17) is 0 Å². The first-order valence-electron chi connectivity index (χ1n) is 4.86. The normalized spacial score (nSPS) is 11.7. The van der Waals surface area contributed by atoms with E-state index in [2.05, 4.69) is 15.0 Å². The number of amides is 1. The van der Waals surface area contributed by atoms with Crippen LogP contribution in [0.25, 0.3) is 0 Å². The summed E-state index contributed by atoms with van der Waals surface area (Å²) in [5.74, 6) is -0.807. The predicted octanol–water partition coefficient (Wildman–Crippen LogP) is 0.681. The van der Waals surface area contributed by atoms with E-state index in [1.165, 1.54) is 7.11 Å². The smallest absolute Gasteiger partial charge is 0.328 e. The van der Waals surface area contributed by atoms with E-state index in [0.29, 0.717) is 11.3 Å². The molecule has 16 heavy (non-hydrogen) atoms. The van der Waals surface area contributed by atoms with Crippen LogP contribution in [0, 0.1) is 6.92 Å². The molecule has 0 radical (unpaired) electrons. The van der Waals surface area contributed by atoms with Crippen LogP contribution in [-0.4, -0.2) is 30.0 Å². The molecule has 0 aliphatic heterocycles. The van der Waals surface area contributed by atoms with Gasteiger partial charge in [0.15, 0.2) is 0 Å². The highest BCUT2D eigenvalue weighted by molar-refractivity contribution is 5.97. The third-order valence-corrected chi connectivity index (χ3v) is 2.15. The lowest BCUT2D eigenvalue weighted by molar-refractivity contribution is -0.142. The highest BCUT2D eigenvalue weighted by Crippen LogP contribution is 2.03. The SMILES string of the molecule is COC(=O)C(C)NC(=O)c1cccnc1C. The highest BCUT2D eigenvalue weighted by atomic mass is 16.5. The van der Waals surface area contributed by atoms with Crippen molar-refractivity contribution in [1.29, 1.82) is 0 Å². The van der Waals surface area contributed by atoms with Crippen molar-refractivity contribution in [2.75, 3.05) is 7.11 Å². The Labute approximate surface area is 93.8 Å². The Morgan fingerprint density at radius 1 is 1.50 bits per heavy atom. The van der Waals surface area contributed by atoms with Crippen molar-refractivity contribution in [3.05, 3.63) is 29.6 Å². The zero-order valence-corrected chi connectivity index (χ0v) is 9.48. The topological polar surface area (TPSA) is 68.3 Å². The van der Waals surface area contributed by atoms with Crippen LogP contribution in [0.1, 0.15) is 23.0 Å². The summed E-state index contributed by atoms with van der Waals surface area (Å²) in [6, 6.07) is 2.66. The minimum atomic E-state index is -0.669. The number of carbonyl (C=O) groups excluding carboxylic acids is 2. The second-order valence-corrected chi connectivity index (χ2v) is 3.35. The van der Waals surface area contributed by atoms with E-state index in [0.717, 1.165) is 0 Å². The zero-order valence-electron chi connectivity index (χ0n) is 9.48. The van der Waals surface area contributed by atoms with Gasteiger partial charge in [0.25, 0.3) is 5.91 Å². The van der Waals surface area contributed by atoms with Gasteiger partial charge in [0.05, 0.1) is 12.7 Å². The summed E-state index contributed by atoms with van der Waals surface area (Å²) in [5, 5.41) is 2.53. The van der Waals surface area contributed by atoms with Gasteiger partial charge in [0.1, 0.15) is 6.04 Å². The van der Waals surface area contributed by atoms with Crippen molar-refractivity contribution < 1.29 is 14.3 Å². The maximum atomic E-state index is 11.7. The van der Waals surface area contributed by atoms with E-state index < -0.39 is 12.0 Å². The lowest BCUT2D eigenvalue weighted by Gasteiger charge is -2.12. The maximum Gasteiger partial charge on any atom is 0.328 e. The van der Waals surface area contributed by atoms with Crippen LogP contribution in [-0.2, 0) is 9.53 Å². The molecule has 1 unspecified atom stereocenters. The van der Waals surface area contributed by atoms with Gasteiger partial charge in [-0.05, 0) is 26.0 Å². The molecule has 0 fully saturated rings. The molecule has 5 heteroatoms. The number of nitrogens with one attached hydrogen (secondary N) is 1. The van der Waals surface area contributed by atoms with Crippen molar-refractivity contribution in [3.8, 4) is 0 Å². The van der Waals surface area contributed by atoms with E-state index in [1.54, 1.807) is 32.2 Å². The van der Waals surface area contributed by atoms with Gasteiger partial charge in [-0.1, -0.05) is 0 Å². The minimum Gasteiger partial charge on any atom is -0.467 e. The van der Waals surface area contributed by atoms with Gasteiger partial charge in [-0.3, -0.25) is 9.78 Å². The second-order valence-electron chi connectivity index (χ2n) is 3.35. The van der Waals surface area contributed by atoms with Gasteiger partial charge in [-0.25, -0.2) is 4.79 Å². The van der Waals surface area contributed by atoms with Crippen LogP contribution in [0.4, 0.5) is 0 Å². The molecule has 1 N–H and O–H groups in total. The fourth-order valence-electron chi connectivity index (χ4n) is 1.23. The molecular formula is C11H14N2O3. The molecule has 5 nitrogen and oxygen atoms in total. The number of methoxy groups -OCH3 is 1. The molecule has 0 bridgehead atoms. The van der Waals surface area contributed by atoms with Crippen LogP contribution in [0.2, 0.25) is 0 Å². The van der Waals surface area contributed by atoms with Crippen LogP contribution in [0.3, 0.4) is 0 Å². The Balaban J connectivity index is 2.73. The number of aryl methyl sites for hydroxylation is 1. The molecule has 0 aromatic carbocycles. The van der Waals surface area contributed by atoms with E-state index >= 15 is 0 Å². The standard InChI is InChI=1S/C11H14N2O3/c1-7-9(5-4-6-12-7)10(14)13-8(2)11(15)16-3/h4-6,8H,1-3H3,(H,13,14). The molecule has 0 aliphatic rings. The zero-order chi connectivity index (χ0) is 12.1. The van der Waals surface area contributed by atoms with E-state index in [9.17, 15) is 9.59 Å². The van der Waals surface area contributed by atoms with E-state index in [-0.39, 0.29) is 5.91 Å². The molecule has 0 saturated carbocycles. The summed E-state index contributed by atoms with van der Waals surface area (Å²) in [6.45, 7) is 3.30. The minimum absolute atomic E-state index is 0.330. The molecule has 1 atom stereocenters. The fraction of sp³-hybridized carbons (Fsp3) is 0.364. The van der Waals surface area contributed by atoms with Crippen molar-refractivity contribution in [3.63, 3.8) is 0 Å². The number of ether oxygens (including phenoxy) is 1. The number of carbonyl (C=O) groups is 2. The van der Waals surface area contributed by atoms with Crippen LogP contribution < -0.4 is 5.32 Å². The number of rotatable bonds is 3. The van der Waals surface area contributed by atoms with Gasteiger partial charge in [-0.15, -0.1) is 0 Å². The summed E-state index contributed by atoms with van der Waals surface area (Å²) in [6.07, 6.45) is 1.61. The lowest BCUT2D eigenvalue weighted by atomic mass is 10.2. The Hall–Kier alpha value is -1.91. The summed E-state index contributed by atoms with van der Waals surface area (Å²) in [4.78, 5) is 26.8. The molecule has 86 valence electrons. The summed E-state index contributed by atoms with van der Waals surface area (Å²) in [7, 11) is 1.28. The van der Waals surface area contributed by atoms with Crippen LogP contribution in [0.5, 0.6) is 0 Å². The molecule has 0 aliphatic carbocycles. The predicted molar refractivity (Wildman–Crippen MR) is 57.9 cm³/mol.